The van der Waals surface area contributed by atoms with E-state index in [1.807, 2.05) is 12.3 Å². The smallest absolute Gasteiger partial charge is 0.173 e. The van der Waals surface area contributed by atoms with Crippen molar-refractivity contribution in [2.75, 3.05) is 18.4 Å². The summed E-state index contributed by atoms with van der Waals surface area (Å²) in [6.45, 7) is 5.24. The molecule has 0 aliphatic carbocycles. The van der Waals surface area contributed by atoms with Crippen LogP contribution in [0, 0.1) is 0 Å². The van der Waals surface area contributed by atoms with Crippen molar-refractivity contribution in [2.24, 2.45) is 0 Å². The molecule has 0 radical (unpaired) electrons. The number of benzene rings is 1. The first-order valence-corrected chi connectivity index (χ1v) is 9.20. The molecule has 1 N–H and O–H groups in total. The van der Waals surface area contributed by atoms with Gasteiger partial charge in [0.25, 0.3) is 0 Å². The van der Waals surface area contributed by atoms with E-state index < -0.39 is 0 Å². The highest BCUT2D eigenvalue weighted by atomic mass is 15.3. The van der Waals surface area contributed by atoms with E-state index in [1.165, 1.54) is 11.1 Å². The highest BCUT2D eigenvalue weighted by Gasteiger charge is 2.22. The third kappa shape index (κ3) is 3.60. The molecule has 3 heterocycles. The molecule has 2 aromatic heterocycles. The molecule has 1 aromatic carbocycles. The zero-order chi connectivity index (χ0) is 17.8. The SMILES string of the molecule is CC[C@@H](CNc1cncc(-n2cccn2)n1)N1CCc2ccccc2C1. The van der Waals surface area contributed by atoms with Gasteiger partial charge in [0.05, 0.1) is 12.4 Å². The largest absolute Gasteiger partial charge is 0.367 e. The summed E-state index contributed by atoms with van der Waals surface area (Å²) in [6, 6.07) is 11.1. The van der Waals surface area contributed by atoms with Gasteiger partial charge in [-0.25, -0.2) is 9.67 Å². The Morgan fingerprint density at radius 2 is 2.04 bits per heavy atom. The van der Waals surface area contributed by atoms with Crippen LogP contribution in [0.3, 0.4) is 0 Å². The van der Waals surface area contributed by atoms with Gasteiger partial charge in [-0.15, -0.1) is 0 Å². The summed E-state index contributed by atoms with van der Waals surface area (Å²) in [5, 5.41) is 7.67. The van der Waals surface area contributed by atoms with Crippen molar-refractivity contribution in [3.63, 3.8) is 0 Å². The van der Waals surface area contributed by atoms with Gasteiger partial charge < -0.3 is 5.32 Å². The second-order valence-electron chi connectivity index (χ2n) is 6.65. The van der Waals surface area contributed by atoms with Gasteiger partial charge in [0.2, 0.25) is 0 Å². The van der Waals surface area contributed by atoms with E-state index in [0.717, 1.165) is 44.1 Å². The number of hydrogen-bond acceptors (Lipinski definition) is 5. The summed E-state index contributed by atoms with van der Waals surface area (Å²) in [5.74, 6) is 1.51. The molecular formula is C20H24N6. The molecule has 3 aromatic rings. The van der Waals surface area contributed by atoms with Gasteiger partial charge in [0.15, 0.2) is 5.82 Å². The average molecular weight is 348 g/mol. The Hall–Kier alpha value is -2.73. The molecular weight excluding hydrogens is 324 g/mol. The molecule has 0 unspecified atom stereocenters. The summed E-state index contributed by atoms with van der Waals surface area (Å²) >= 11 is 0. The van der Waals surface area contributed by atoms with E-state index in [0.29, 0.717) is 6.04 Å². The maximum absolute atomic E-state index is 4.61. The second kappa shape index (κ2) is 7.66. The molecule has 26 heavy (non-hydrogen) atoms. The van der Waals surface area contributed by atoms with Gasteiger partial charge in [-0.2, -0.15) is 5.10 Å². The quantitative estimate of drug-likeness (QED) is 0.742. The standard InChI is InChI=1S/C20H24N6/c1-2-18(25-11-8-16-6-3-4-7-17(16)15-25)12-22-19-13-21-14-20(24-19)26-10-5-9-23-26/h3-7,9-10,13-14,18H,2,8,11-12,15H2,1H3,(H,22,24)/t18-/m0/s1. The second-order valence-corrected chi connectivity index (χ2v) is 6.65. The molecule has 0 saturated carbocycles. The lowest BCUT2D eigenvalue weighted by Crippen LogP contribution is -2.42. The van der Waals surface area contributed by atoms with Crippen LogP contribution in [0.2, 0.25) is 0 Å². The summed E-state index contributed by atoms with van der Waals surface area (Å²) in [4.78, 5) is 11.5. The van der Waals surface area contributed by atoms with Gasteiger partial charge in [-0.05, 0) is 30.0 Å². The molecule has 6 nitrogen and oxygen atoms in total. The Kier molecular flexibility index (Phi) is 4.93. The summed E-state index contributed by atoms with van der Waals surface area (Å²) < 4.78 is 1.72. The topological polar surface area (TPSA) is 58.9 Å². The number of fused-ring (bicyclic) bond motifs is 1. The fourth-order valence-corrected chi connectivity index (χ4v) is 3.54. The lowest BCUT2D eigenvalue weighted by Gasteiger charge is -2.35. The highest BCUT2D eigenvalue weighted by Crippen LogP contribution is 2.21. The Morgan fingerprint density at radius 1 is 1.15 bits per heavy atom. The third-order valence-corrected chi connectivity index (χ3v) is 5.03. The average Bonchev–Trinajstić information content (AvgIpc) is 3.23. The molecule has 1 aliphatic rings. The van der Waals surface area contributed by atoms with Gasteiger partial charge in [-0.3, -0.25) is 9.88 Å². The predicted octanol–water partition coefficient (Wildman–Crippen LogP) is 2.91. The molecule has 0 amide bonds. The van der Waals surface area contributed by atoms with Crippen LogP contribution >= 0.6 is 0 Å². The summed E-state index contributed by atoms with van der Waals surface area (Å²) in [6.07, 6.45) is 9.32. The molecule has 4 rings (SSSR count). The Bertz CT molecular complexity index is 845. The molecule has 6 heteroatoms. The fraction of sp³-hybridized carbons (Fsp3) is 0.350. The molecule has 0 spiro atoms. The monoisotopic (exact) mass is 348 g/mol. The third-order valence-electron chi connectivity index (χ3n) is 5.03. The Morgan fingerprint density at radius 3 is 2.85 bits per heavy atom. The number of rotatable bonds is 6. The Labute approximate surface area is 153 Å². The number of nitrogens with zero attached hydrogens (tertiary/aromatic N) is 5. The van der Waals surface area contributed by atoms with Gasteiger partial charge in [-0.1, -0.05) is 31.2 Å². The first-order chi connectivity index (χ1) is 12.8. The number of aromatic nitrogens is 4. The Balaban J connectivity index is 1.41. The normalized spacial score (nSPS) is 15.4. The zero-order valence-electron chi connectivity index (χ0n) is 15.0. The van der Waals surface area contributed by atoms with Crippen molar-refractivity contribution >= 4 is 5.82 Å². The van der Waals surface area contributed by atoms with Crippen molar-refractivity contribution in [3.05, 3.63) is 66.2 Å². The van der Waals surface area contributed by atoms with Gasteiger partial charge >= 0.3 is 0 Å². The molecule has 1 aliphatic heterocycles. The van der Waals surface area contributed by atoms with Crippen LogP contribution in [0.1, 0.15) is 24.5 Å². The van der Waals surface area contributed by atoms with E-state index in [9.17, 15) is 0 Å². The van der Waals surface area contributed by atoms with Crippen LogP contribution in [-0.2, 0) is 13.0 Å². The summed E-state index contributed by atoms with van der Waals surface area (Å²) in [7, 11) is 0. The van der Waals surface area contributed by atoms with Crippen molar-refractivity contribution in [2.45, 2.75) is 32.4 Å². The predicted molar refractivity (Wildman–Crippen MR) is 102 cm³/mol. The van der Waals surface area contributed by atoms with Gasteiger partial charge in [0, 0.05) is 38.1 Å². The van der Waals surface area contributed by atoms with Crippen LogP contribution < -0.4 is 5.32 Å². The minimum atomic E-state index is 0.471. The molecule has 1 atom stereocenters. The number of anilines is 1. The molecule has 134 valence electrons. The van der Waals surface area contributed by atoms with Crippen molar-refractivity contribution in [1.82, 2.24) is 24.6 Å². The minimum absolute atomic E-state index is 0.471. The van der Waals surface area contributed by atoms with E-state index >= 15 is 0 Å². The lowest BCUT2D eigenvalue weighted by molar-refractivity contribution is 0.181. The maximum Gasteiger partial charge on any atom is 0.173 e. The van der Waals surface area contributed by atoms with E-state index in [2.05, 4.69) is 56.5 Å². The first-order valence-electron chi connectivity index (χ1n) is 9.20. The van der Waals surface area contributed by atoms with E-state index in [1.54, 1.807) is 23.3 Å². The fourth-order valence-electron chi connectivity index (χ4n) is 3.54. The van der Waals surface area contributed by atoms with Crippen LogP contribution in [0.5, 0.6) is 0 Å². The van der Waals surface area contributed by atoms with Crippen LogP contribution in [0.4, 0.5) is 5.82 Å². The van der Waals surface area contributed by atoms with Crippen LogP contribution in [0.25, 0.3) is 5.82 Å². The highest BCUT2D eigenvalue weighted by molar-refractivity contribution is 5.36. The lowest BCUT2D eigenvalue weighted by atomic mass is 9.98. The number of nitrogens with one attached hydrogen (secondary N) is 1. The van der Waals surface area contributed by atoms with E-state index in [4.69, 9.17) is 0 Å². The summed E-state index contributed by atoms with van der Waals surface area (Å²) in [5.41, 5.74) is 2.95. The van der Waals surface area contributed by atoms with Gasteiger partial charge in [0.1, 0.15) is 5.82 Å². The van der Waals surface area contributed by atoms with Crippen molar-refractivity contribution in [1.29, 1.82) is 0 Å². The maximum atomic E-state index is 4.61. The zero-order valence-corrected chi connectivity index (χ0v) is 15.0. The van der Waals surface area contributed by atoms with Crippen LogP contribution in [0.15, 0.2) is 55.1 Å². The number of hydrogen-bond donors (Lipinski definition) is 1. The molecule has 0 bridgehead atoms. The molecule has 0 fully saturated rings. The minimum Gasteiger partial charge on any atom is -0.367 e. The van der Waals surface area contributed by atoms with E-state index in [-0.39, 0.29) is 0 Å². The van der Waals surface area contributed by atoms with Crippen molar-refractivity contribution in [3.8, 4) is 5.82 Å². The van der Waals surface area contributed by atoms with Crippen LogP contribution in [-0.4, -0.2) is 43.8 Å². The van der Waals surface area contributed by atoms with Crippen molar-refractivity contribution < 1.29 is 0 Å². The first kappa shape index (κ1) is 16.7. The molecule has 0 saturated heterocycles.